The van der Waals surface area contributed by atoms with Gasteiger partial charge in [0, 0.05) is 25.2 Å². The van der Waals surface area contributed by atoms with Crippen molar-refractivity contribution in [1.82, 2.24) is 15.5 Å². The summed E-state index contributed by atoms with van der Waals surface area (Å²) in [5.41, 5.74) is 5.61. The summed E-state index contributed by atoms with van der Waals surface area (Å²) in [5, 5.41) is 12.1. The molecule has 0 saturated carbocycles. The first-order valence-corrected chi connectivity index (χ1v) is 11.5. The molecule has 0 spiro atoms. The maximum Gasteiger partial charge on any atom is 0.225 e. The zero-order valence-corrected chi connectivity index (χ0v) is 19.2. The molecule has 1 aromatic heterocycles. The lowest BCUT2D eigenvalue weighted by Crippen LogP contribution is -2.43. The molecule has 32 heavy (non-hydrogen) atoms. The van der Waals surface area contributed by atoms with Crippen LogP contribution in [0.5, 0.6) is 0 Å². The van der Waals surface area contributed by atoms with Crippen LogP contribution in [0.15, 0.2) is 60.7 Å². The van der Waals surface area contributed by atoms with Crippen molar-refractivity contribution in [2.24, 2.45) is 5.92 Å². The Hall–Kier alpha value is -3.21. The van der Waals surface area contributed by atoms with Crippen LogP contribution in [0.4, 0.5) is 5.82 Å². The normalized spacial score (nSPS) is 16.2. The summed E-state index contributed by atoms with van der Waals surface area (Å²) in [7, 11) is 0. The van der Waals surface area contributed by atoms with Crippen LogP contribution in [-0.2, 0) is 11.3 Å². The molecular formula is C27H32N4O. The first-order valence-electron chi connectivity index (χ1n) is 11.5. The highest BCUT2D eigenvalue weighted by Gasteiger charge is 2.26. The fourth-order valence-electron chi connectivity index (χ4n) is 4.25. The fourth-order valence-corrected chi connectivity index (χ4v) is 4.25. The molecule has 1 aliphatic heterocycles. The SMILES string of the molecule is Cc1ccccc1-c1ccc(N2CCCC(C(=O)NCc3ccc(C(C)C)cc3)C2)nn1. The highest BCUT2D eigenvalue weighted by molar-refractivity contribution is 5.79. The van der Waals surface area contributed by atoms with E-state index in [9.17, 15) is 4.79 Å². The summed E-state index contributed by atoms with van der Waals surface area (Å²) in [4.78, 5) is 15.0. The van der Waals surface area contributed by atoms with Crippen molar-refractivity contribution in [3.05, 3.63) is 77.4 Å². The van der Waals surface area contributed by atoms with E-state index < -0.39 is 0 Å². The first-order chi connectivity index (χ1) is 15.5. The second-order valence-corrected chi connectivity index (χ2v) is 8.99. The average molecular weight is 429 g/mol. The van der Waals surface area contributed by atoms with Gasteiger partial charge in [0.05, 0.1) is 11.6 Å². The molecule has 5 heteroatoms. The van der Waals surface area contributed by atoms with Gasteiger partial charge in [-0.05, 0) is 54.5 Å². The average Bonchev–Trinajstić information content (AvgIpc) is 2.83. The standard InChI is InChI=1S/C27H32N4O/c1-19(2)22-12-10-21(11-13-22)17-28-27(32)23-8-6-16-31(18-23)26-15-14-25(29-30-26)24-9-5-4-7-20(24)3/h4-5,7,9-15,19,23H,6,8,16-18H2,1-3H3,(H,28,32). The van der Waals surface area contributed by atoms with Crippen molar-refractivity contribution in [2.45, 2.75) is 46.1 Å². The Labute approximate surface area is 190 Å². The van der Waals surface area contributed by atoms with E-state index in [2.05, 4.69) is 77.6 Å². The van der Waals surface area contributed by atoms with Crippen LogP contribution >= 0.6 is 0 Å². The van der Waals surface area contributed by atoms with Crippen molar-refractivity contribution in [3.8, 4) is 11.3 Å². The van der Waals surface area contributed by atoms with Gasteiger partial charge in [0.1, 0.15) is 0 Å². The number of carbonyl (C=O) groups is 1. The first kappa shape index (κ1) is 22.0. The molecule has 3 aromatic rings. The number of amides is 1. The minimum atomic E-state index is -0.0310. The van der Waals surface area contributed by atoms with E-state index >= 15 is 0 Å². The molecular weight excluding hydrogens is 396 g/mol. The topological polar surface area (TPSA) is 58.1 Å². The number of hydrogen-bond donors (Lipinski definition) is 1. The molecule has 5 nitrogen and oxygen atoms in total. The summed E-state index contributed by atoms with van der Waals surface area (Å²) in [6.45, 7) is 8.60. The quantitative estimate of drug-likeness (QED) is 0.593. The van der Waals surface area contributed by atoms with E-state index in [1.54, 1.807) is 0 Å². The minimum Gasteiger partial charge on any atom is -0.354 e. The maximum atomic E-state index is 12.8. The summed E-state index contributed by atoms with van der Waals surface area (Å²) in [6, 6.07) is 20.7. The van der Waals surface area contributed by atoms with Crippen molar-refractivity contribution < 1.29 is 4.79 Å². The Balaban J connectivity index is 1.35. The lowest BCUT2D eigenvalue weighted by molar-refractivity contribution is -0.125. The number of hydrogen-bond acceptors (Lipinski definition) is 4. The van der Waals surface area contributed by atoms with Gasteiger partial charge in [-0.15, -0.1) is 10.2 Å². The molecule has 0 aliphatic carbocycles. The highest BCUT2D eigenvalue weighted by atomic mass is 16.1. The third kappa shape index (κ3) is 5.16. The number of benzene rings is 2. The van der Waals surface area contributed by atoms with Gasteiger partial charge < -0.3 is 10.2 Å². The van der Waals surface area contributed by atoms with Gasteiger partial charge in [-0.1, -0.05) is 62.4 Å². The van der Waals surface area contributed by atoms with E-state index in [1.807, 2.05) is 24.3 Å². The molecule has 0 bridgehead atoms. The molecule has 0 radical (unpaired) electrons. The molecule has 1 atom stereocenters. The van der Waals surface area contributed by atoms with Crippen LogP contribution in [0.25, 0.3) is 11.3 Å². The number of aromatic nitrogens is 2. The molecule has 1 aliphatic rings. The van der Waals surface area contributed by atoms with E-state index in [0.29, 0.717) is 19.0 Å². The zero-order valence-electron chi connectivity index (χ0n) is 19.2. The van der Waals surface area contributed by atoms with E-state index in [0.717, 1.165) is 42.0 Å². The van der Waals surface area contributed by atoms with E-state index in [-0.39, 0.29) is 11.8 Å². The summed E-state index contributed by atoms with van der Waals surface area (Å²) < 4.78 is 0. The van der Waals surface area contributed by atoms with Crippen molar-refractivity contribution in [3.63, 3.8) is 0 Å². The lowest BCUT2D eigenvalue weighted by Gasteiger charge is -2.32. The molecule has 166 valence electrons. The number of nitrogens with one attached hydrogen (secondary N) is 1. The van der Waals surface area contributed by atoms with Crippen molar-refractivity contribution in [1.29, 1.82) is 0 Å². The van der Waals surface area contributed by atoms with Gasteiger partial charge in [-0.2, -0.15) is 0 Å². The van der Waals surface area contributed by atoms with E-state index in [1.165, 1.54) is 11.1 Å². The van der Waals surface area contributed by atoms with Gasteiger partial charge in [0.15, 0.2) is 5.82 Å². The largest absolute Gasteiger partial charge is 0.354 e. The second-order valence-electron chi connectivity index (χ2n) is 8.99. The Morgan fingerprint density at radius 2 is 1.84 bits per heavy atom. The van der Waals surface area contributed by atoms with Crippen LogP contribution in [-0.4, -0.2) is 29.2 Å². The third-order valence-corrected chi connectivity index (χ3v) is 6.30. The van der Waals surface area contributed by atoms with Gasteiger partial charge in [0.25, 0.3) is 0 Å². The zero-order chi connectivity index (χ0) is 22.5. The van der Waals surface area contributed by atoms with Crippen LogP contribution in [0.2, 0.25) is 0 Å². The van der Waals surface area contributed by atoms with Crippen LogP contribution < -0.4 is 10.2 Å². The molecule has 4 rings (SSSR count). The predicted molar refractivity (Wildman–Crippen MR) is 130 cm³/mol. The number of rotatable bonds is 6. The molecule has 2 heterocycles. The summed E-state index contributed by atoms with van der Waals surface area (Å²) in [6.07, 6.45) is 1.88. The molecule has 1 fully saturated rings. The number of piperidine rings is 1. The maximum absolute atomic E-state index is 12.8. The third-order valence-electron chi connectivity index (χ3n) is 6.30. The Bertz CT molecular complexity index is 1040. The monoisotopic (exact) mass is 428 g/mol. The summed E-state index contributed by atoms with van der Waals surface area (Å²) in [5.74, 6) is 1.44. The van der Waals surface area contributed by atoms with Crippen LogP contribution in [0.3, 0.4) is 0 Å². The predicted octanol–water partition coefficient (Wildman–Crippen LogP) is 5.11. The second kappa shape index (κ2) is 9.94. The van der Waals surface area contributed by atoms with Gasteiger partial charge in [-0.3, -0.25) is 4.79 Å². The molecule has 1 unspecified atom stereocenters. The number of anilines is 1. The van der Waals surface area contributed by atoms with Crippen LogP contribution in [0.1, 0.15) is 49.3 Å². The van der Waals surface area contributed by atoms with Crippen molar-refractivity contribution >= 4 is 11.7 Å². The van der Waals surface area contributed by atoms with Gasteiger partial charge in [0.2, 0.25) is 5.91 Å². The Morgan fingerprint density at radius 3 is 2.53 bits per heavy atom. The van der Waals surface area contributed by atoms with Gasteiger partial charge in [-0.25, -0.2) is 0 Å². The Kier molecular flexibility index (Phi) is 6.84. The molecule has 1 saturated heterocycles. The lowest BCUT2D eigenvalue weighted by atomic mass is 9.97. The number of aryl methyl sites for hydroxylation is 1. The number of nitrogens with zero attached hydrogens (tertiary/aromatic N) is 3. The van der Waals surface area contributed by atoms with Crippen LogP contribution in [0, 0.1) is 12.8 Å². The minimum absolute atomic E-state index is 0.0310. The summed E-state index contributed by atoms with van der Waals surface area (Å²) >= 11 is 0. The Morgan fingerprint density at radius 1 is 1.06 bits per heavy atom. The molecule has 1 N–H and O–H groups in total. The fraction of sp³-hybridized carbons (Fsp3) is 0.370. The smallest absolute Gasteiger partial charge is 0.225 e. The molecule has 2 aromatic carbocycles. The van der Waals surface area contributed by atoms with Crippen molar-refractivity contribution in [2.75, 3.05) is 18.0 Å². The highest BCUT2D eigenvalue weighted by Crippen LogP contribution is 2.25. The molecule has 1 amide bonds. The van der Waals surface area contributed by atoms with E-state index in [4.69, 9.17) is 0 Å². The number of carbonyl (C=O) groups excluding carboxylic acids is 1. The van der Waals surface area contributed by atoms with Gasteiger partial charge >= 0.3 is 0 Å².